The van der Waals surface area contributed by atoms with Gasteiger partial charge in [0.25, 0.3) is 5.91 Å². The molecular weight excluding hydrogens is 282 g/mol. The second-order valence-corrected chi connectivity index (χ2v) is 5.27. The summed E-state index contributed by atoms with van der Waals surface area (Å²) in [7, 11) is 0. The lowest BCUT2D eigenvalue weighted by molar-refractivity contribution is 0.0858. The first-order valence-corrected chi connectivity index (χ1v) is 7.74. The zero-order valence-corrected chi connectivity index (χ0v) is 12.9. The maximum Gasteiger partial charge on any atom is 0.319 e. The summed E-state index contributed by atoms with van der Waals surface area (Å²) in [5.74, 6) is -0.207. The fourth-order valence-corrected chi connectivity index (χ4v) is 2.30. The first kappa shape index (κ1) is 16.3. The molecule has 1 aromatic rings. The van der Waals surface area contributed by atoms with E-state index in [0.717, 1.165) is 25.9 Å². The standard InChI is InChI=1S/C16H23N3O3/c1-2-9-17-16(21)19-14-8-4-3-7-13(14)15(20)18-11-12-6-5-10-22-12/h3-4,7-8,12H,2,5-6,9-11H2,1H3,(H,18,20)(H2,17,19,21). The van der Waals surface area contributed by atoms with E-state index in [4.69, 9.17) is 4.74 Å². The van der Waals surface area contributed by atoms with Gasteiger partial charge in [0.1, 0.15) is 0 Å². The average Bonchev–Trinajstić information content (AvgIpc) is 3.04. The molecule has 6 heteroatoms. The van der Waals surface area contributed by atoms with Crippen LogP contribution in [0.25, 0.3) is 0 Å². The number of carbonyl (C=O) groups is 2. The normalized spacial score (nSPS) is 17.0. The van der Waals surface area contributed by atoms with Crippen molar-refractivity contribution in [2.75, 3.05) is 25.0 Å². The number of para-hydroxylation sites is 1. The van der Waals surface area contributed by atoms with E-state index in [1.165, 1.54) is 0 Å². The topological polar surface area (TPSA) is 79.5 Å². The summed E-state index contributed by atoms with van der Waals surface area (Å²) in [4.78, 5) is 24.0. The Kier molecular flexibility index (Phi) is 6.21. The average molecular weight is 305 g/mol. The number of urea groups is 1. The van der Waals surface area contributed by atoms with E-state index in [2.05, 4.69) is 16.0 Å². The second kappa shape index (κ2) is 8.38. The summed E-state index contributed by atoms with van der Waals surface area (Å²) < 4.78 is 5.48. The van der Waals surface area contributed by atoms with Crippen LogP contribution in [0.5, 0.6) is 0 Å². The van der Waals surface area contributed by atoms with Gasteiger partial charge >= 0.3 is 6.03 Å². The van der Waals surface area contributed by atoms with E-state index in [1.54, 1.807) is 24.3 Å². The van der Waals surface area contributed by atoms with E-state index in [9.17, 15) is 9.59 Å². The van der Waals surface area contributed by atoms with Crippen LogP contribution in [0, 0.1) is 0 Å². The maximum atomic E-state index is 12.3. The molecule has 0 aromatic heterocycles. The molecule has 1 heterocycles. The molecule has 1 unspecified atom stereocenters. The van der Waals surface area contributed by atoms with Crippen LogP contribution in [-0.2, 0) is 4.74 Å². The number of carbonyl (C=O) groups excluding carboxylic acids is 2. The SMILES string of the molecule is CCCNC(=O)Nc1ccccc1C(=O)NCC1CCCO1. The van der Waals surface area contributed by atoms with Crippen molar-refractivity contribution in [3.05, 3.63) is 29.8 Å². The smallest absolute Gasteiger partial charge is 0.319 e. The highest BCUT2D eigenvalue weighted by Crippen LogP contribution is 2.15. The number of hydrogen-bond donors (Lipinski definition) is 3. The first-order valence-electron chi connectivity index (χ1n) is 7.74. The Balaban J connectivity index is 1.94. The van der Waals surface area contributed by atoms with E-state index in [0.29, 0.717) is 24.3 Å². The van der Waals surface area contributed by atoms with Crippen LogP contribution >= 0.6 is 0 Å². The molecule has 3 N–H and O–H groups in total. The largest absolute Gasteiger partial charge is 0.376 e. The highest BCUT2D eigenvalue weighted by Gasteiger charge is 2.18. The van der Waals surface area contributed by atoms with Crippen molar-refractivity contribution >= 4 is 17.6 Å². The molecule has 0 radical (unpaired) electrons. The van der Waals surface area contributed by atoms with Gasteiger partial charge in [0.2, 0.25) is 0 Å². The zero-order chi connectivity index (χ0) is 15.8. The van der Waals surface area contributed by atoms with Crippen molar-refractivity contribution < 1.29 is 14.3 Å². The summed E-state index contributed by atoms with van der Waals surface area (Å²) >= 11 is 0. The number of amides is 3. The molecule has 6 nitrogen and oxygen atoms in total. The lowest BCUT2D eigenvalue weighted by Crippen LogP contribution is -2.33. The van der Waals surface area contributed by atoms with Crippen LogP contribution in [0.3, 0.4) is 0 Å². The fourth-order valence-electron chi connectivity index (χ4n) is 2.30. The van der Waals surface area contributed by atoms with Crippen LogP contribution in [0.2, 0.25) is 0 Å². The molecule has 0 aliphatic carbocycles. The number of ether oxygens (including phenoxy) is 1. The quantitative estimate of drug-likeness (QED) is 0.753. The van der Waals surface area contributed by atoms with Crippen molar-refractivity contribution in [1.29, 1.82) is 0 Å². The number of benzene rings is 1. The lowest BCUT2D eigenvalue weighted by atomic mass is 10.1. The van der Waals surface area contributed by atoms with Crippen LogP contribution in [0.1, 0.15) is 36.5 Å². The Morgan fingerprint density at radius 1 is 1.27 bits per heavy atom. The molecule has 1 aliphatic rings. The minimum Gasteiger partial charge on any atom is -0.376 e. The Morgan fingerprint density at radius 3 is 2.82 bits per heavy atom. The van der Waals surface area contributed by atoms with Gasteiger partial charge in [0.05, 0.1) is 17.4 Å². The van der Waals surface area contributed by atoms with Crippen LogP contribution in [0.4, 0.5) is 10.5 Å². The zero-order valence-electron chi connectivity index (χ0n) is 12.9. The monoisotopic (exact) mass is 305 g/mol. The molecule has 120 valence electrons. The Labute approximate surface area is 130 Å². The Hall–Kier alpha value is -2.08. The molecule has 0 saturated carbocycles. The minimum absolute atomic E-state index is 0.0944. The van der Waals surface area contributed by atoms with Gasteiger partial charge < -0.3 is 20.7 Å². The van der Waals surface area contributed by atoms with Gasteiger partial charge in [-0.25, -0.2) is 4.79 Å². The summed E-state index contributed by atoms with van der Waals surface area (Å²) in [6.07, 6.45) is 2.96. The summed E-state index contributed by atoms with van der Waals surface area (Å²) in [5.41, 5.74) is 0.952. The summed E-state index contributed by atoms with van der Waals surface area (Å²) in [6.45, 7) is 3.83. The van der Waals surface area contributed by atoms with E-state index in [-0.39, 0.29) is 18.0 Å². The molecule has 1 atom stereocenters. The summed E-state index contributed by atoms with van der Waals surface area (Å²) in [5, 5.41) is 8.30. The number of nitrogens with one attached hydrogen (secondary N) is 3. The number of anilines is 1. The second-order valence-electron chi connectivity index (χ2n) is 5.27. The van der Waals surface area contributed by atoms with Crippen molar-refractivity contribution in [2.24, 2.45) is 0 Å². The third kappa shape index (κ3) is 4.73. The van der Waals surface area contributed by atoms with E-state index < -0.39 is 0 Å². The molecule has 1 saturated heterocycles. The molecular formula is C16H23N3O3. The highest BCUT2D eigenvalue weighted by molar-refractivity contribution is 6.03. The predicted molar refractivity (Wildman–Crippen MR) is 85.1 cm³/mol. The molecule has 0 spiro atoms. The minimum atomic E-state index is -0.304. The van der Waals surface area contributed by atoms with Gasteiger partial charge in [-0.05, 0) is 31.4 Å². The molecule has 3 amide bonds. The lowest BCUT2D eigenvalue weighted by Gasteiger charge is -2.14. The van der Waals surface area contributed by atoms with E-state index >= 15 is 0 Å². The van der Waals surface area contributed by atoms with Gasteiger partial charge in [-0.3, -0.25) is 4.79 Å². The molecule has 22 heavy (non-hydrogen) atoms. The highest BCUT2D eigenvalue weighted by atomic mass is 16.5. The molecule has 1 aromatic carbocycles. The van der Waals surface area contributed by atoms with Crippen molar-refractivity contribution in [1.82, 2.24) is 10.6 Å². The molecule has 1 fully saturated rings. The van der Waals surface area contributed by atoms with Crippen LogP contribution in [-0.4, -0.2) is 37.7 Å². The van der Waals surface area contributed by atoms with Gasteiger partial charge in [0.15, 0.2) is 0 Å². The third-order valence-electron chi connectivity index (χ3n) is 3.47. The fraction of sp³-hybridized carbons (Fsp3) is 0.500. The predicted octanol–water partition coefficient (Wildman–Crippen LogP) is 2.13. The molecule has 2 rings (SSSR count). The van der Waals surface area contributed by atoms with Gasteiger partial charge in [-0.1, -0.05) is 19.1 Å². The van der Waals surface area contributed by atoms with Crippen LogP contribution in [0.15, 0.2) is 24.3 Å². The summed E-state index contributed by atoms with van der Waals surface area (Å²) in [6, 6.07) is 6.66. The van der Waals surface area contributed by atoms with E-state index in [1.807, 2.05) is 6.92 Å². The third-order valence-corrected chi connectivity index (χ3v) is 3.47. The maximum absolute atomic E-state index is 12.3. The Bertz CT molecular complexity index is 513. The number of hydrogen-bond acceptors (Lipinski definition) is 3. The molecule has 0 bridgehead atoms. The van der Waals surface area contributed by atoms with Crippen molar-refractivity contribution in [2.45, 2.75) is 32.3 Å². The van der Waals surface area contributed by atoms with Crippen LogP contribution < -0.4 is 16.0 Å². The van der Waals surface area contributed by atoms with Gasteiger partial charge in [0, 0.05) is 19.7 Å². The van der Waals surface area contributed by atoms with Gasteiger partial charge in [-0.2, -0.15) is 0 Å². The number of rotatable bonds is 6. The first-order chi connectivity index (χ1) is 10.7. The van der Waals surface area contributed by atoms with Gasteiger partial charge in [-0.15, -0.1) is 0 Å². The van der Waals surface area contributed by atoms with Crippen molar-refractivity contribution in [3.8, 4) is 0 Å². The van der Waals surface area contributed by atoms with Crippen molar-refractivity contribution in [3.63, 3.8) is 0 Å². The Morgan fingerprint density at radius 2 is 2.09 bits per heavy atom. The molecule has 1 aliphatic heterocycles.